The van der Waals surface area contributed by atoms with Gasteiger partial charge < -0.3 is 9.64 Å². The van der Waals surface area contributed by atoms with E-state index in [1.807, 2.05) is 31.1 Å². The standard InChI is InChI=1S/C15H19N3O/c1-10-8-12(19-5)6-7-13(10)14-11(2)9-16-17-15(14)18(3)4/h6-9H,1-5H3. The molecular formula is C15H19N3O. The first-order valence-corrected chi connectivity index (χ1v) is 6.19. The molecule has 0 N–H and O–H groups in total. The van der Waals surface area contributed by atoms with Crippen molar-refractivity contribution in [2.24, 2.45) is 0 Å². The fourth-order valence-corrected chi connectivity index (χ4v) is 2.15. The molecule has 0 amide bonds. The van der Waals surface area contributed by atoms with Gasteiger partial charge in [0.25, 0.3) is 0 Å². The zero-order chi connectivity index (χ0) is 14.0. The number of aromatic nitrogens is 2. The summed E-state index contributed by atoms with van der Waals surface area (Å²) in [6, 6.07) is 6.08. The number of benzene rings is 1. The smallest absolute Gasteiger partial charge is 0.158 e. The molecule has 1 heterocycles. The quantitative estimate of drug-likeness (QED) is 0.847. The van der Waals surface area contributed by atoms with Crippen LogP contribution in [-0.2, 0) is 0 Å². The number of rotatable bonds is 3. The highest BCUT2D eigenvalue weighted by Gasteiger charge is 2.14. The van der Waals surface area contributed by atoms with E-state index in [1.54, 1.807) is 13.3 Å². The number of hydrogen-bond acceptors (Lipinski definition) is 4. The van der Waals surface area contributed by atoms with Gasteiger partial charge in [0.1, 0.15) is 5.75 Å². The van der Waals surface area contributed by atoms with Gasteiger partial charge in [0.2, 0.25) is 0 Å². The lowest BCUT2D eigenvalue weighted by Gasteiger charge is -2.18. The van der Waals surface area contributed by atoms with Crippen molar-refractivity contribution in [3.05, 3.63) is 35.5 Å². The molecule has 0 unspecified atom stereocenters. The molecule has 100 valence electrons. The zero-order valence-electron chi connectivity index (χ0n) is 12.1. The van der Waals surface area contributed by atoms with Crippen LogP contribution in [0.4, 0.5) is 5.82 Å². The molecule has 0 aliphatic heterocycles. The largest absolute Gasteiger partial charge is 0.497 e. The molecule has 1 aromatic heterocycles. The van der Waals surface area contributed by atoms with E-state index in [4.69, 9.17) is 4.74 Å². The summed E-state index contributed by atoms with van der Waals surface area (Å²) in [7, 11) is 5.64. The average molecular weight is 257 g/mol. The van der Waals surface area contributed by atoms with E-state index in [0.717, 1.165) is 28.3 Å². The predicted octanol–water partition coefficient (Wildman–Crippen LogP) is 2.84. The first-order chi connectivity index (χ1) is 9.04. The van der Waals surface area contributed by atoms with Crippen molar-refractivity contribution in [3.8, 4) is 16.9 Å². The Balaban J connectivity index is 2.65. The molecule has 4 nitrogen and oxygen atoms in total. The number of nitrogens with zero attached hydrogens (tertiary/aromatic N) is 3. The van der Waals surface area contributed by atoms with Crippen LogP contribution in [0.15, 0.2) is 24.4 Å². The van der Waals surface area contributed by atoms with Gasteiger partial charge in [-0.1, -0.05) is 6.07 Å². The third-order valence-corrected chi connectivity index (χ3v) is 3.15. The summed E-state index contributed by atoms with van der Waals surface area (Å²) in [5, 5.41) is 8.28. The molecule has 0 saturated heterocycles. The van der Waals surface area contributed by atoms with E-state index in [9.17, 15) is 0 Å². The number of hydrogen-bond donors (Lipinski definition) is 0. The lowest BCUT2D eigenvalue weighted by Crippen LogP contribution is -2.13. The molecule has 2 aromatic rings. The van der Waals surface area contributed by atoms with Gasteiger partial charge in [-0.2, -0.15) is 5.10 Å². The van der Waals surface area contributed by atoms with Crippen LogP contribution >= 0.6 is 0 Å². The average Bonchev–Trinajstić information content (AvgIpc) is 2.38. The highest BCUT2D eigenvalue weighted by Crippen LogP contribution is 2.34. The first-order valence-electron chi connectivity index (χ1n) is 6.19. The number of anilines is 1. The van der Waals surface area contributed by atoms with Crippen LogP contribution in [-0.4, -0.2) is 31.4 Å². The van der Waals surface area contributed by atoms with Gasteiger partial charge >= 0.3 is 0 Å². The maximum atomic E-state index is 5.26. The summed E-state index contributed by atoms with van der Waals surface area (Å²) < 4.78 is 5.26. The van der Waals surface area contributed by atoms with Crippen LogP contribution in [0.5, 0.6) is 5.75 Å². The molecule has 2 rings (SSSR count). The molecule has 1 aromatic carbocycles. The summed E-state index contributed by atoms with van der Waals surface area (Å²) in [5.74, 6) is 1.75. The minimum absolute atomic E-state index is 0.868. The topological polar surface area (TPSA) is 38.3 Å². The Morgan fingerprint density at radius 3 is 2.42 bits per heavy atom. The fraction of sp³-hybridized carbons (Fsp3) is 0.333. The highest BCUT2D eigenvalue weighted by molar-refractivity contribution is 5.80. The second-order valence-corrected chi connectivity index (χ2v) is 4.80. The Bertz CT molecular complexity index is 594. The van der Waals surface area contributed by atoms with E-state index < -0.39 is 0 Å². The molecule has 0 bridgehead atoms. The normalized spacial score (nSPS) is 10.4. The zero-order valence-corrected chi connectivity index (χ0v) is 12.1. The molecule has 0 spiro atoms. The van der Waals surface area contributed by atoms with Crippen LogP contribution < -0.4 is 9.64 Å². The number of ether oxygens (including phenoxy) is 1. The van der Waals surface area contributed by atoms with Crippen LogP contribution in [0.1, 0.15) is 11.1 Å². The molecule has 0 aliphatic carbocycles. The van der Waals surface area contributed by atoms with E-state index in [2.05, 4.69) is 30.1 Å². The highest BCUT2D eigenvalue weighted by atomic mass is 16.5. The van der Waals surface area contributed by atoms with Crippen LogP contribution in [0.3, 0.4) is 0 Å². The van der Waals surface area contributed by atoms with Gasteiger partial charge in [-0.25, -0.2) is 0 Å². The van der Waals surface area contributed by atoms with Crippen molar-refractivity contribution in [1.29, 1.82) is 0 Å². The van der Waals surface area contributed by atoms with E-state index >= 15 is 0 Å². The van der Waals surface area contributed by atoms with Crippen LogP contribution in [0, 0.1) is 13.8 Å². The Hall–Kier alpha value is -2.10. The van der Waals surface area contributed by atoms with Crippen LogP contribution in [0.2, 0.25) is 0 Å². The van der Waals surface area contributed by atoms with E-state index in [-0.39, 0.29) is 0 Å². The second kappa shape index (κ2) is 5.26. The third kappa shape index (κ3) is 2.52. The van der Waals surface area contributed by atoms with Crippen molar-refractivity contribution in [2.75, 3.05) is 26.1 Å². The molecule has 0 fully saturated rings. The maximum Gasteiger partial charge on any atom is 0.158 e. The maximum absolute atomic E-state index is 5.26. The van der Waals surface area contributed by atoms with Gasteiger partial charge in [0, 0.05) is 19.7 Å². The molecule has 0 saturated carbocycles. The molecule has 0 radical (unpaired) electrons. The van der Waals surface area contributed by atoms with Gasteiger partial charge in [0.15, 0.2) is 5.82 Å². The summed E-state index contributed by atoms with van der Waals surface area (Å²) >= 11 is 0. The first kappa shape index (κ1) is 13.3. The van der Waals surface area contributed by atoms with Crippen molar-refractivity contribution >= 4 is 5.82 Å². The van der Waals surface area contributed by atoms with Gasteiger partial charge in [-0.15, -0.1) is 5.10 Å². The Kier molecular flexibility index (Phi) is 3.69. The Morgan fingerprint density at radius 2 is 1.84 bits per heavy atom. The molecule has 0 atom stereocenters. The predicted molar refractivity (Wildman–Crippen MR) is 77.8 cm³/mol. The number of aryl methyl sites for hydroxylation is 2. The second-order valence-electron chi connectivity index (χ2n) is 4.80. The van der Waals surface area contributed by atoms with E-state index in [0.29, 0.717) is 0 Å². The number of methoxy groups -OCH3 is 1. The lowest BCUT2D eigenvalue weighted by atomic mass is 9.97. The monoisotopic (exact) mass is 257 g/mol. The third-order valence-electron chi connectivity index (χ3n) is 3.15. The summed E-state index contributed by atoms with van der Waals surface area (Å²) in [6.45, 7) is 4.14. The van der Waals surface area contributed by atoms with Gasteiger partial charge in [-0.3, -0.25) is 0 Å². The molecule has 4 heteroatoms. The Labute approximate surface area is 114 Å². The summed E-state index contributed by atoms with van der Waals surface area (Å²) in [6.07, 6.45) is 1.80. The Morgan fingerprint density at radius 1 is 1.11 bits per heavy atom. The van der Waals surface area contributed by atoms with Crippen molar-refractivity contribution in [2.45, 2.75) is 13.8 Å². The molecular weight excluding hydrogens is 238 g/mol. The van der Waals surface area contributed by atoms with Crippen molar-refractivity contribution in [3.63, 3.8) is 0 Å². The summed E-state index contributed by atoms with van der Waals surface area (Å²) in [5.41, 5.74) is 4.57. The van der Waals surface area contributed by atoms with Gasteiger partial charge in [-0.05, 0) is 42.7 Å². The molecule has 0 aliphatic rings. The van der Waals surface area contributed by atoms with Crippen LogP contribution in [0.25, 0.3) is 11.1 Å². The fourth-order valence-electron chi connectivity index (χ4n) is 2.15. The summed E-state index contributed by atoms with van der Waals surface area (Å²) in [4.78, 5) is 1.99. The SMILES string of the molecule is COc1ccc(-c2c(C)cnnc2N(C)C)c(C)c1. The minimum atomic E-state index is 0.868. The van der Waals surface area contributed by atoms with Gasteiger partial charge in [0.05, 0.1) is 13.3 Å². The lowest BCUT2D eigenvalue weighted by molar-refractivity contribution is 0.414. The van der Waals surface area contributed by atoms with Crippen molar-refractivity contribution in [1.82, 2.24) is 10.2 Å². The van der Waals surface area contributed by atoms with E-state index in [1.165, 1.54) is 5.56 Å². The minimum Gasteiger partial charge on any atom is -0.497 e. The van der Waals surface area contributed by atoms with Crippen molar-refractivity contribution < 1.29 is 4.74 Å². The molecule has 19 heavy (non-hydrogen) atoms.